The quantitative estimate of drug-likeness (QED) is 0.451. The summed E-state index contributed by atoms with van der Waals surface area (Å²) in [6.07, 6.45) is 0.755. The molecule has 1 aromatic carbocycles. The molecule has 0 radical (unpaired) electrons. The van der Waals surface area contributed by atoms with E-state index in [0.29, 0.717) is 0 Å². The van der Waals surface area contributed by atoms with Gasteiger partial charge in [-0.3, -0.25) is 24.4 Å². The van der Waals surface area contributed by atoms with Crippen LogP contribution in [0.25, 0.3) is 0 Å². The highest BCUT2D eigenvalue weighted by atomic mass is 16.6. The van der Waals surface area contributed by atoms with Crippen LogP contribution in [0.3, 0.4) is 0 Å². The van der Waals surface area contributed by atoms with Gasteiger partial charge in [-0.25, -0.2) is 0 Å². The average Bonchev–Trinajstić information content (AvgIpc) is 3.08. The van der Waals surface area contributed by atoms with Gasteiger partial charge in [-0.15, -0.1) is 0 Å². The van der Waals surface area contributed by atoms with Crippen molar-refractivity contribution in [2.45, 2.75) is 39.8 Å². The molecule has 0 bridgehead atoms. The van der Waals surface area contributed by atoms with Crippen molar-refractivity contribution in [1.82, 2.24) is 9.78 Å². The van der Waals surface area contributed by atoms with E-state index in [1.807, 2.05) is 31.2 Å². The highest BCUT2D eigenvalue weighted by Crippen LogP contribution is 2.31. The first-order valence-corrected chi connectivity index (χ1v) is 8.53. The Bertz CT molecular complexity index is 920. The Morgan fingerprint density at radius 3 is 2.70 bits per heavy atom. The molecule has 1 aromatic heterocycles. The number of ether oxygens (including phenoxy) is 1. The number of fused-ring (bicyclic) bond motifs is 1. The number of nitrogens with zero attached hydrogens (tertiary/aromatic N) is 4. The van der Waals surface area contributed by atoms with E-state index in [2.05, 4.69) is 5.10 Å². The molecule has 1 atom stereocenters. The predicted octanol–water partition coefficient (Wildman–Crippen LogP) is 1.93. The second-order valence-corrected chi connectivity index (χ2v) is 6.54. The molecule has 9 heteroatoms. The van der Waals surface area contributed by atoms with Gasteiger partial charge in [0.1, 0.15) is 17.9 Å². The van der Waals surface area contributed by atoms with Crippen molar-refractivity contribution in [3.8, 4) is 0 Å². The third-order valence-electron chi connectivity index (χ3n) is 4.64. The van der Waals surface area contributed by atoms with Crippen molar-refractivity contribution >= 4 is 23.3 Å². The number of rotatable bonds is 5. The Morgan fingerprint density at radius 2 is 2.04 bits per heavy atom. The minimum atomic E-state index is -0.677. The molecule has 0 saturated carbocycles. The summed E-state index contributed by atoms with van der Waals surface area (Å²) in [4.78, 5) is 36.7. The fourth-order valence-corrected chi connectivity index (χ4v) is 3.43. The van der Waals surface area contributed by atoms with Gasteiger partial charge in [-0.2, -0.15) is 5.10 Å². The van der Waals surface area contributed by atoms with E-state index in [1.54, 1.807) is 4.90 Å². The van der Waals surface area contributed by atoms with Gasteiger partial charge < -0.3 is 9.64 Å². The van der Waals surface area contributed by atoms with Crippen molar-refractivity contribution in [3.05, 3.63) is 51.3 Å². The van der Waals surface area contributed by atoms with Gasteiger partial charge in [0, 0.05) is 11.7 Å². The van der Waals surface area contributed by atoms with Gasteiger partial charge in [-0.05, 0) is 38.8 Å². The molecule has 3 rings (SSSR count). The van der Waals surface area contributed by atoms with Crippen molar-refractivity contribution < 1.29 is 19.2 Å². The van der Waals surface area contributed by atoms with Crippen LogP contribution in [-0.2, 0) is 27.3 Å². The molecule has 0 fully saturated rings. The zero-order valence-electron chi connectivity index (χ0n) is 15.3. The van der Waals surface area contributed by atoms with Crippen LogP contribution in [0.4, 0.5) is 11.4 Å². The summed E-state index contributed by atoms with van der Waals surface area (Å²) < 4.78 is 6.30. The summed E-state index contributed by atoms with van der Waals surface area (Å²) in [5, 5.41) is 15.0. The van der Waals surface area contributed by atoms with Crippen molar-refractivity contribution in [1.29, 1.82) is 0 Å². The second kappa shape index (κ2) is 7.18. The fourth-order valence-electron chi connectivity index (χ4n) is 3.43. The van der Waals surface area contributed by atoms with E-state index >= 15 is 0 Å². The van der Waals surface area contributed by atoms with Gasteiger partial charge in [0.2, 0.25) is 0 Å². The maximum atomic E-state index is 12.5. The zero-order chi connectivity index (χ0) is 19.7. The lowest BCUT2D eigenvalue weighted by molar-refractivity contribution is -0.386. The number of carbonyl (C=O) groups is 2. The number of hydrogen-bond donors (Lipinski definition) is 0. The minimum Gasteiger partial charge on any atom is -0.454 e. The van der Waals surface area contributed by atoms with Crippen LogP contribution >= 0.6 is 0 Å². The first-order valence-electron chi connectivity index (χ1n) is 8.53. The summed E-state index contributed by atoms with van der Waals surface area (Å²) in [6.45, 7) is 4.27. The SMILES string of the molecule is Cc1nn(CC(=O)OCC(=O)N2c3ccccc3C[C@@H]2C)c(C)c1[N+](=O)[O-]. The Balaban J connectivity index is 1.62. The zero-order valence-corrected chi connectivity index (χ0v) is 15.3. The van der Waals surface area contributed by atoms with E-state index in [1.165, 1.54) is 18.5 Å². The first kappa shape index (κ1) is 18.6. The molecule has 0 unspecified atom stereocenters. The van der Waals surface area contributed by atoms with Gasteiger partial charge >= 0.3 is 11.7 Å². The molecule has 1 aliphatic heterocycles. The van der Waals surface area contributed by atoms with E-state index in [9.17, 15) is 19.7 Å². The molecule has 0 spiro atoms. The molecule has 0 saturated heterocycles. The Morgan fingerprint density at radius 1 is 1.33 bits per heavy atom. The van der Waals surface area contributed by atoms with Crippen LogP contribution in [0.15, 0.2) is 24.3 Å². The van der Waals surface area contributed by atoms with E-state index < -0.39 is 10.9 Å². The maximum Gasteiger partial charge on any atom is 0.328 e. The number of carbonyl (C=O) groups excluding carboxylic acids is 2. The van der Waals surface area contributed by atoms with Crippen LogP contribution < -0.4 is 4.90 Å². The van der Waals surface area contributed by atoms with E-state index in [-0.39, 0.29) is 42.2 Å². The minimum absolute atomic E-state index is 0.00717. The third kappa shape index (κ3) is 3.53. The molecule has 2 aromatic rings. The van der Waals surface area contributed by atoms with E-state index in [4.69, 9.17) is 4.74 Å². The van der Waals surface area contributed by atoms with Crippen molar-refractivity contribution in [2.24, 2.45) is 0 Å². The highest BCUT2D eigenvalue weighted by molar-refractivity contribution is 5.97. The Kier molecular flexibility index (Phi) is 4.93. The number of benzene rings is 1. The summed E-state index contributed by atoms with van der Waals surface area (Å²) >= 11 is 0. The molecule has 1 aliphatic rings. The average molecular weight is 372 g/mol. The second-order valence-electron chi connectivity index (χ2n) is 6.54. The first-order chi connectivity index (χ1) is 12.8. The van der Waals surface area contributed by atoms with Gasteiger partial charge in [0.15, 0.2) is 6.61 Å². The molecular formula is C18H20N4O5. The van der Waals surface area contributed by atoms with E-state index in [0.717, 1.165) is 17.7 Å². The molecular weight excluding hydrogens is 352 g/mol. The number of anilines is 1. The Labute approximate surface area is 155 Å². The lowest BCUT2D eigenvalue weighted by Gasteiger charge is -2.22. The summed E-state index contributed by atoms with van der Waals surface area (Å²) in [6, 6.07) is 7.62. The number of esters is 1. The van der Waals surface area contributed by atoms with Gasteiger partial charge in [0.05, 0.1) is 4.92 Å². The van der Waals surface area contributed by atoms with Crippen LogP contribution in [-0.4, -0.2) is 39.2 Å². The van der Waals surface area contributed by atoms with Crippen LogP contribution in [0, 0.1) is 24.0 Å². The molecule has 1 amide bonds. The number of para-hydroxylation sites is 1. The monoisotopic (exact) mass is 372 g/mol. The van der Waals surface area contributed by atoms with Crippen LogP contribution in [0.2, 0.25) is 0 Å². The summed E-state index contributed by atoms with van der Waals surface area (Å²) in [5.74, 6) is -0.982. The number of aryl methyl sites for hydroxylation is 1. The van der Waals surface area contributed by atoms with Gasteiger partial charge in [-0.1, -0.05) is 18.2 Å². The predicted molar refractivity (Wildman–Crippen MR) is 96.4 cm³/mol. The topological polar surface area (TPSA) is 108 Å². The molecule has 0 aliphatic carbocycles. The molecule has 2 heterocycles. The Hall–Kier alpha value is -3.23. The molecule has 9 nitrogen and oxygen atoms in total. The lowest BCUT2D eigenvalue weighted by atomic mass is 10.1. The maximum absolute atomic E-state index is 12.5. The van der Waals surface area contributed by atoms with Crippen LogP contribution in [0.5, 0.6) is 0 Å². The molecule has 27 heavy (non-hydrogen) atoms. The lowest BCUT2D eigenvalue weighted by Crippen LogP contribution is -2.39. The normalized spacial score (nSPS) is 15.5. The third-order valence-corrected chi connectivity index (χ3v) is 4.64. The van der Waals surface area contributed by atoms with Crippen molar-refractivity contribution in [2.75, 3.05) is 11.5 Å². The summed E-state index contributed by atoms with van der Waals surface area (Å²) in [7, 11) is 0. The fraction of sp³-hybridized carbons (Fsp3) is 0.389. The summed E-state index contributed by atoms with van der Waals surface area (Å²) in [5.41, 5.74) is 2.29. The highest BCUT2D eigenvalue weighted by Gasteiger charge is 2.31. The van der Waals surface area contributed by atoms with Crippen LogP contribution in [0.1, 0.15) is 23.9 Å². The smallest absolute Gasteiger partial charge is 0.328 e. The number of hydrogen-bond acceptors (Lipinski definition) is 6. The number of nitro groups is 1. The largest absolute Gasteiger partial charge is 0.454 e. The standard InChI is InChI=1S/C18H20N4O5/c1-11-8-14-6-4-5-7-15(14)21(11)16(23)10-27-17(24)9-20-13(3)18(22(25)26)12(2)19-20/h4-7,11H,8-10H2,1-3H3/t11-/m0/s1. The molecule has 142 valence electrons. The van der Waals surface area contributed by atoms with Gasteiger partial charge in [0.25, 0.3) is 5.91 Å². The van der Waals surface area contributed by atoms with Crippen molar-refractivity contribution in [3.63, 3.8) is 0 Å². The number of aromatic nitrogens is 2. The number of amides is 1. The molecule has 0 N–H and O–H groups in total.